The van der Waals surface area contributed by atoms with Gasteiger partial charge in [-0.2, -0.15) is 0 Å². The van der Waals surface area contributed by atoms with Crippen LogP contribution in [0.1, 0.15) is 55.7 Å². The van der Waals surface area contributed by atoms with Gasteiger partial charge in [0.05, 0.1) is 0 Å². The van der Waals surface area contributed by atoms with Gasteiger partial charge >= 0.3 is 5.97 Å². The van der Waals surface area contributed by atoms with Crippen LogP contribution in [-0.4, -0.2) is 65.0 Å². The highest BCUT2D eigenvalue weighted by molar-refractivity contribution is 14.1. The molecule has 240 valence electrons. The quantitative estimate of drug-likeness (QED) is 0.140. The van der Waals surface area contributed by atoms with E-state index in [4.69, 9.17) is 9.84 Å². The predicted octanol–water partition coefficient (Wildman–Crippen LogP) is 3.53. The number of carboxylic acid groups (broad SMARTS) is 1. The zero-order chi connectivity index (χ0) is 32.1. The fraction of sp³-hybridized carbons (Fsp3) is 0.515. The van der Waals surface area contributed by atoms with Crippen molar-refractivity contribution in [1.82, 2.24) is 21.3 Å². The average Bonchev–Trinajstić information content (AvgIpc) is 3.38. The lowest BCUT2D eigenvalue weighted by molar-refractivity contribution is -0.137. The second kappa shape index (κ2) is 17.9. The number of nitrogens with one attached hydrogen (secondary N) is 4. The van der Waals surface area contributed by atoms with Crippen LogP contribution in [0.2, 0.25) is 0 Å². The van der Waals surface area contributed by atoms with Gasteiger partial charge in [0.25, 0.3) is 0 Å². The van der Waals surface area contributed by atoms with E-state index in [-0.39, 0.29) is 37.8 Å². The van der Waals surface area contributed by atoms with Crippen LogP contribution < -0.4 is 26.0 Å². The van der Waals surface area contributed by atoms with Crippen LogP contribution in [-0.2, 0) is 32.1 Å². The molecule has 0 aromatic heterocycles. The van der Waals surface area contributed by atoms with E-state index in [0.717, 1.165) is 42.0 Å². The predicted molar refractivity (Wildman–Crippen MR) is 178 cm³/mol. The number of rotatable bonds is 15. The van der Waals surface area contributed by atoms with Gasteiger partial charge in [-0.25, -0.2) is 0 Å². The van der Waals surface area contributed by atoms with Crippen LogP contribution in [0.4, 0.5) is 0 Å². The lowest BCUT2D eigenvalue weighted by Crippen LogP contribution is -2.53. The number of halogens is 1. The lowest BCUT2D eigenvalue weighted by atomic mass is 9.73. The first-order valence-corrected chi connectivity index (χ1v) is 17.3. The Morgan fingerprint density at radius 1 is 1.00 bits per heavy atom. The molecular weight excluding hydrogens is 675 g/mol. The largest absolute Gasteiger partial charge is 0.490 e. The number of amides is 3. The molecule has 5 atom stereocenters. The Morgan fingerprint density at radius 2 is 1.73 bits per heavy atom. The van der Waals surface area contributed by atoms with Gasteiger partial charge in [-0.3, -0.25) is 19.2 Å². The van der Waals surface area contributed by atoms with Crippen molar-refractivity contribution < 1.29 is 29.0 Å². The van der Waals surface area contributed by atoms with Crippen molar-refractivity contribution in [1.29, 1.82) is 0 Å². The number of alkyl halides is 1. The summed E-state index contributed by atoms with van der Waals surface area (Å²) in [5, 5.41) is 20.8. The van der Waals surface area contributed by atoms with Crippen molar-refractivity contribution in [3.8, 4) is 5.75 Å². The topological polar surface area (TPSA) is 146 Å². The second-order valence-electron chi connectivity index (χ2n) is 11.4. The summed E-state index contributed by atoms with van der Waals surface area (Å²) in [5.41, 5.74) is 2.98. The van der Waals surface area contributed by atoms with Crippen LogP contribution in [0.25, 0.3) is 0 Å². The highest BCUT2D eigenvalue weighted by atomic mass is 127. The van der Waals surface area contributed by atoms with Crippen molar-refractivity contribution in [2.24, 2.45) is 11.8 Å². The normalized spacial score (nSPS) is 19.6. The molecule has 1 heterocycles. The number of aryl methyl sites for hydroxylation is 2. The van der Waals surface area contributed by atoms with E-state index >= 15 is 0 Å². The zero-order valence-corrected chi connectivity index (χ0v) is 27.9. The van der Waals surface area contributed by atoms with Gasteiger partial charge in [0.1, 0.15) is 23.9 Å². The third-order valence-corrected chi connectivity index (χ3v) is 8.24. The van der Waals surface area contributed by atoms with Crippen LogP contribution in [0.5, 0.6) is 5.75 Å². The molecule has 1 aliphatic heterocycles. The minimum absolute atomic E-state index is 0.123. The molecule has 2 fully saturated rings. The number of hydrogen-bond donors (Lipinski definition) is 5. The van der Waals surface area contributed by atoms with E-state index in [9.17, 15) is 19.2 Å². The first kappa shape index (κ1) is 35.3. The summed E-state index contributed by atoms with van der Waals surface area (Å²) in [6.07, 6.45) is 2.41. The molecule has 3 unspecified atom stereocenters. The number of ether oxygens (including phenoxy) is 1. The molecule has 2 aliphatic rings. The zero-order valence-electron chi connectivity index (χ0n) is 25.7. The Hall–Kier alpha value is -3.19. The van der Waals surface area contributed by atoms with E-state index in [1.807, 2.05) is 60.4 Å². The molecule has 44 heavy (non-hydrogen) atoms. The van der Waals surface area contributed by atoms with Crippen LogP contribution in [0, 0.1) is 18.8 Å². The molecule has 3 amide bonds. The Kier molecular flexibility index (Phi) is 14.4. The van der Waals surface area contributed by atoms with E-state index in [0.29, 0.717) is 24.7 Å². The molecule has 1 saturated carbocycles. The standard InChI is InChI=1S/C32H42N4O6.CH3I/c1-20-11-13-25(42-29-16-24-17-33-19-26(24)29)15-23(20)18-34-31(40)28(14-12-22-7-4-3-5-8-22)36-32(41)27(35-21(2)37)9-6-10-30(38)39;1-2/h3-5,7-8,11,13,15,24,26-29,33H,6,9-10,12,14,16-19H2,1-2H3,(H,34,40)(H,35,37)(H,36,41)(H,38,39);1H3/t24?,26?,27-,28-,29?;/m0./s1. The van der Waals surface area contributed by atoms with Gasteiger partial charge < -0.3 is 31.1 Å². The summed E-state index contributed by atoms with van der Waals surface area (Å²) in [7, 11) is 0. The minimum atomic E-state index is -0.978. The van der Waals surface area contributed by atoms with Crippen LogP contribution in [0.15, 0.2) is 48.5 Å². The SMILES string of the molecule is CC(=O)N[C@@H](CCCC(=O)O)C(=O)N[C@@H](CCc1ccccc1)C(=O)NCc1cc(OC2CC3CNCC32)ccc1C.CI. The summed E-state index contributed by atoms with van der Waals surface area (Å²) >= 11 is 2.15. The molecule has 1 saturated heterocycles. The van der Waals surface area contributed by atoms with Crippen LogP contribution in [0.3, 0.4) is 0 Å². The Labute approximate surface area is 273 Å². The molecule has 0 bridgehead atoms. The van der Waals surface area contributed by atoms with Crippen molar-refractivity contribution in [3.05, 3.63) is 65.2 Å². The maximum Gasteiger partial charge on any atom is 0.303 e. The number of benzene rings is 2. The molecule has 11 heteroatoms. The van der Waals surface area contributed by atoms with E-state index in [1.165, 1.54) is 6.92 Å². The van der Waals surface area contributed by atoms with Gasteiger partial charge in [0.2, 0.25) is 17.7 Å². The van der Waals surface area contributed by atoms with Crippen molar-refractivity contribution in [3.63, 3.8) is 0 Å². The highest BCUT2D eigenvalue weighted by Crippen LogP contribution is 2.40. The first-order valence-electron chi connectivity index (χ1n) is 15.1. The highest BCUT2D eigenvalue weighted by Gasteiger charge is 2.45. The lowest BCUT2D eigenvalue weighted by Gasteiger charge is -2.39. The van der Waals surface area contributed by atoms with Gasteiger partial charge in [-0.15, -0.1) is 0 Å². The van der Waals surface area contributed by atoms with Gasteiger partial charge in [-0.1, -0.05) is 59.0 Å². The fourth-order valence-electron chi connectivity index (χ4n) is 5.72. The molecule has 2 aromatic carbocycles. The van der Waals surface area contributed by atoms with Gasteiger partial charge in [-0.05, 0) is 85.2 Å². The molecule has 5 N–H and O–H groups in total. The minimum Gasteiger partial charge on any atom is -0.490 e. The number of carbonyl (C=O) groups is 4. The molecule has 4 rings (SSSR count). The third-order valence-electron chi connectivity index (χ3n) is 8.24. The smallest absolute Gasteiger partial charge is 0.303 e. The molecular formula is C33H45IN4O6. The Morgan fingerprint density at radius 3 is 2.41 bits per heavy atom. The number of aliphatic carboxylic acids is 1. The number of carboxylic acids is 1. The van der Waals surface area contributed by atoms with Crippen molar-refractivity contribution >= 4 is 46.3 Å². The van der Waals surface area contributed by atoms with Crippen molar-refractivity contribution in [2.75, 3.05) is 18.0 Å². The van der Waals surface area contributed by atoms with Gasteiger partial charge in [0.15, 0.2) is 0 Å². The molecule has 2 aromatic rings. The Bertz CT molecular complexity index is 1260. The van der Waals surface area contributed by atoms with E-state index < -0.39 is 29.9 Å². The molecule has 0 radical (unpaired) electrons. The number of fused-ring (bicyclic) bond motifs is 1. The summed E-state index contributed by atoms with van der Waals surface area (Å²) in [4.78, 5) is 51.3. The summed E-state index contributed by atoms with van der Waals surface area (Å²) in [6, 6.07) is 13.8. The third kappa shape index (κ3) is 10.8. The summed E-state index contributed by atoms with van der Waals surface area (Å²) in [6.45, 7) is 5.60. The fourth-order valence-corrected chi connectivity index (χ4v) is 5.72. The molecule has 0 spiro atoms. The number of hydrogen-bond acceptors (Lipinski definition) is 6. The molecule has 1 aliphatic carbocycles. The second-order valence-corrected chi connectivity index (χ2v) is 11.4. The maximum atomic E-state index is 13.4. The molecule has 10 nitrogen and oxygen atoms in total. The average molecular weight is 721 g/mol. The maximum absolute atomic E-state index is 13.4. The van der Waals surface area contributed by atoms with Crippen molar-refractivity contribution in [2.45, 2.75) is 77.1 Å². The Balaban J connectivity index is 0.00000259. The van der Waals surface area contributed by atoms with Gasteiger partial charge in [0, 0.05) is 32.4 Å². The van der Waals surface area contributed by atoms with E-state index in [2.05, 4.69) is 43.9 Å². The van der Waals surface area contributed by atoms with E-state index in [1.54, 1.807) is 0 Å². The summed E-state index contributed by atoms with van der Waals surface area (Å²) < 4.78 is 6.28. The summed E-state index contributed by atoms with van der Waals surface area (Å²) in [5.74, 6) is -0.206. The monoisotopic (exact) mass is 720 g/mol. The number of carbonyl (C=O) groups excluding carboxylic acids is 3. The first-order chi connectivity index (χ1) is 21.2. The van der Waals surface area contributed by atoms with Crippen LogP contribution >= 0.6 is 22.6 Å².